The Labute approximate surface area is 138 Å². The van der Waals surface area contributed by atoms with Gasteiger partial charge in [-0.25, -0.2) is 0 Å². The van der Waals surface area contributed by atoms with Crippen molar-refractivity contribution < 1.29 is 15.0 Å². The Balaban J connectivity index is 2.43. The summed E-state index contributed by atoms with van der Waals surface area (Å²) in [7, 11) is 0. The van der Waals surface area contributed by atoms with E-state index in [1.807, 2.05) is 0 Å². The molecule has 0 aliphatic rings. The predicted molar refractivity (Wildman–Crippen MR) is 88.9 cm³/mol. The van der Waals surface area contributed by atoms with Gasteiger partial charge < -0.3 is 10.2 Å². The molecular formula is C15H11Br2NO3. The van der Waals surface area contributed by atoms with Gasteiger partial charge >= 0.3 is 0 Å². The SMILES string of the molecule is CC(=O)c1cccc(N=Cc2cc(Br)cc(Br)c2O)c1O. The molecule has 2 aromatic rings. The lowest BCUT2D eigenvalue weighted by atomic mass is 10.1. The number of ketones is 1. The minimum Gasteiger partial charge on any atom is -0.506 e. The molecule has 4 nitrogen and oxygen atoms in total. The van der Waals surface area contributed by atoms with Gasteiger partial charge in [-0.2, -0.15) is 0 Å². The van der Waals surface area contributed by atoms with Crippen molar-refractivity contribution in [1.82, 2.24) is 0 Å². The molecule has 0 fully saturated rings. The van der Waals surface area contributed by atoms with Crippen molar-refractivity contribution in [2.24, 2.45) is 4.99 Å². The molecule has 0 heterocycles. The molecule has 0 aliphatic carbocycles. The van der Waals surface area contributed by atoms with E-state index in [-0.39, 0.29) is 28.5 Å². The van der Waals surface area contributed by atoms with Gasteiger partial charge in [0.15, 0.2) is 11.5 Å². The van der Waals surface area contributed by atoms with E-state index in [1.54, 1.807) is 24.3 Å². The van der Waals surface area contributed by atoms with Gasteiger partial charge in [-0.15, -0.1) is 0 Å². The minimum absolute atomic E-state index is 0.0455. The number of hydrogen-bond donors (Lipinski definition) is 2. The molecule has 108 valence electrons. The summed E-state index contributed by atoms with van der Waals surface area (Å²) in [4.78, 5) is 15.5. The van der Waals surface area contributed by atoms with E-state index in [1.165, 1.54) is 19.2 Å². The van der Waals surface area contributed by atoms with Gasteiger partial charge in [-0.3, -0.25) is 9.79 Å². The summed E-state index contributed by atoms with van der Waals surface area (Å²) in [5, 5.41) is 19.9. The average Bonchev–Trinajstić information content (AvgIpc) is 2.42. The summed E-state index contributed by atoms with van der Waals surface area (Å²) in [6.07, 6.45) is 1.42. The maximum Gasteiger partial charge on any atom is 0.163 e. The van der Waals surface area contributed by atoms with Crippen LogP contribution < -0.4 is 0 Å². The predicted octanol–water partition coefficient (Wildman–Crippen LogP) is 4.58. The van der Waals surface area contributed by atoms with Gasteiger partial charge in [0.25, 0.3) is 0 Å². The van der Waals surface area contributed by atoms with Crippen LogP contribution in [0.3, 0.4) is 0 Å². The van der Waals surface area contributed by atoms with Crippen LogP contribution in [0.4, 0.5) is 5.69 Å². The van der Waals surface area contributed by atoms with Crippen molar-refractivity contribution >= 4 is 49.5 Å². The number of carbonyl (C=O) groups excluding carboxylic acids is 1. The first kappa shape index (κ1) is 15.7. The Morgan fingerprint density at radius 3 is 2.57 bits per heavy atom. The van der Waals surface area contributed by atoms with E-state index >= 15 is 0 Å². The van der Waals surface area contributed by atoms with Crippen molar-refractivity contribution in [3.8, 4) is 11.5 Å². The Hall–Kier alpha value is -1.66. The van der Waals surface area contributed by atoms with Crippen molar-refractivity contribution in [2.75, 3.05) is 0 Å². The molecule has 0 spiro atoms. The third-order valence-corrected chi connectivity index (χ3v) is 3.86. The topological polar surface area (TPSA) is 69.9 Å². The zero-order chi connectivity index (χ0) is 15.6. The zero-order valence-electron chi connectivity index (χ0n) is 11.0. The van der Waals surface area contributed by atoms with Crippen LogP contribution >= 0.6 is 31.9 Å². The van der Waals surface area contributed by atoms with Gasteiger partial charge in [0.05, 0.1) is 10.0 Å². The summed E-state index contributed by atoms with van der Waals surface area (Å²) >= 11 is 6.55. The number of para-hydroxylation sites is 1. The molecule has 0 atom stereocenters. The number of phenolic OH excluding ortho intramolecular Hbond substituents is 2. The van der Waals surface area contributed by atoms with Gasteiger partial charge in [0.2, 0.25) is 0 Å². The summed E-state index contributed by atoms with van der Waals surface area (Å²) in [6.45, 7) is 1.37. The second kappa shape index (κ2) is 6.41. The molecule has 0 bridgehead atoms. The Morgan fingerprint density at radius 2 is 1.90 bits per heavy atom. The largest absolute Gasteiger partial charge is 0.506 e. The number of rotatable bonds is 3. The fraction of sp³-hybridized carbons (Fsp3) is 0.0667. The Morgan fingerprint density at radius 1 is 1.19 bits per heavy atom. The van der Waals surface area contributed by atoms with Crippen LogP contribution in [0.1, 0.15) is 22.8 Å². The first-order valence-electron chi connectivity index (χ1n) is 5.95. The summed E-state index contributed by atoms with van der Waals surface area (Å²) < 4.78 is 1.30. The number of aliphatic imine (C=N–C) groups is 1. The van der Waals surface area contributed by atoms with E-state index in [9.17, 15) is 15.0 Å². The van der Waals surface area contributed by atoms with Gasteiger partial charge in [-0.1, -0.05) is 22.0 Å². The summed E-state index contributed by atoms with van der Waals surface area (Å²) in [5.74, 6) is -0.364. The van der Waals surface area contributed by atoms with Crippen molar-refractivity contribution in [2.45, 2.75) is 6.92 Å². The standard InChI is InChI=1S/C15H11Br2NO3/c1-8(19)11-3-2-4-13(15(11)21)18-7-9-5-10(16)6-12(17)14(9)20/h2-7,20-21H,1H3. The maximum absolute atomic E-state index is 11.4. The molecule has 21 heavy (non-hydrogen) atoms. The highest BCUT2D eigenvalue weighted by Crippen LogP contribution is 2.33. The number of phenols is 2. The molecule has 0 aromatic heterocycles. The highest BCUT2D eigenvalue weighted by Gasteiger charge is 2.10. The number of nitrogens with zero attached hydrogens (tertiary/aromatic N) is 1. The third-order valence-electron chi connectivity index (χ3n) is 2.79. The molecule has 2 rings (SSSR count). The first-order valence-corrected chi connectivity index (χ1v) is 7.53. The van der Waals surface area contributed by atoms with Crippen LogP contribution in [0, 0.1) is 0 Å². The van der Waals surface area contributed by atoms with Crippen LogP contribution in [-0.4, -0.2) is 22.2 Å². The van der Waals surface area contributed by atoms with E-state index in [0.29, 0.717) is 10.0 Å². The van der Waals surface area contributed by atoms with Crippen molar-refractivity contribution in [3.63, 3.8) is 0 Å². The average molecular weight is 413 g/mol. The van der Waals surface area contributed by atoms with Crippen LogP contribution in [0.2, 0.25) is 0 Å². The number of halogens is 2. The molecule has 0 unspecified atom stereocenters. The smallest absolute Gasteiger partial charge is 0.163 e. The summed E-state index contributed by atoms with van der Waals surface area (Å²) in [5.41, 5.74) is 0.950. The lowest BCUT2D eigenvalue weighted by Crippen LogP contribution is -1.92. The molecule has 0 amide bonds. The fourth-order valence-corrected chi connectivity index (χ4v) is 3.00. The lowest BCUT2D eigenvalue weighted by Gasteiger charge is -2.05. The number of hydrogen-bond acceptors (Lipinski definition) is 4. The molecular weight excluding hydrogens is 402 g/mol. The fourth-order valence-electron chi connectivity index (χ4n) is 1.74. The highest BCUT2D eigenvalue weighted by molar-refractivity contribution is 9.11. The second-order valence-electron chi connectivity index (χ2n) is 4.31. The Bertz CT molecular complexity index is 742. The van der Waals surface area contributed by atoms with E-state index in [0.717, 1.165) is 4.47 Å². The normalized spacial score (nSPS) is 11.0. The first-order chi connectivity index (χ1) is 9.90. The monoisotopic (exact) mass is 411 g/mol. The summed E-state index contributed by atoms with van der Waals surface area (Å²) in [6, 6.07) is 8.15. The number of aromatic hydroxyl groups is 2. The molecule has 2 N–H and O–H groups in total. The maximum atomic E-state index is 11.4. The number of Topliss-reactive ketones (excluding diaryl/α,β-unsaturated/α-hetero) is 1. The molecule has 0 aliphatic heterocycles. The van der Waals surface area contributed by atoms with Crippen LogP contribution in [-0.2, 0) is 0 Å². The van der Waals surface area contributed by atoms with Crippen LogP contribution in [0.15, 0.2) is 44.3 Å². The molecule has 0 radical (unpaired) electrons. The van der Waals surface area contributed by atoms with Gasteiger partial charge in [-0.05, 0) is 47.1 Å². The molecule has 0 saturated heterocycles. The van der Waals surface area contributed by atoms with Crippen LogP contribution in [0.5, 0.6) is 11.5 Å². The quantitative estimate of drug-likeness (QED) is 0.572. The Kier molecular flexibility index (Phi) is 4.80. The van der Waals surface area contributed by atoms with E-state index in [2.05, 4.69) is 36.9 Å². The van der Waals surface area contributed by atoms with E-state index in [4.69, 9.17) is 0 Å². The molecule has 6 heteroatoms. The van der Waals surface area contributed by atoms with Gasteiger partial charge in [0, 0.05) is 16.3 Å². The van der Waals surface area contributed by atoms with Crippen molar-refractivity contribution in [1.29, 1.82) is 0 Å². The zero-order valence-corrected chi connectivity index (χ0v) is 14.1. The molecule has 2 aromatic carbocycles. The number of benzene rings is 2. The van der Waals surface area contributed by atoms with Gasteiger partial charge in [0.1, 0.15) is 11.4 Å². The third kappa shape index (κ3) is 3.51. The van der Waals surface area contributed by atoms with Crippen molar-refractivity contribution in [3.05, 3.63) is 50.4 Å². The second-order valence-corrected chi connectivity index (χ2v) is 6.08. The minimum atomic E-state index is -0.238. The van der Waals surface area contributed by atoms with E-state index < -0.39 is 0 Å². The number of carbonyl (C=O) groups is 1. The molecule has 0 saturated carbocycles. The lowest BCUT2D eigenvalue weighted by molar-refractivity contribution is 0.101. The highest BCUT2D eigenvalue weighted by atomic mass is 79.9. The van der Waals surface area contributed by atoms with Crippen LogP contribution in [0.25, 0.3) is 0 Å².